The number of carbonyl (C=O) groups is 1. The average Bonchev–Trinajstić information content (AvgIpc) is 2.48. The third kappa shape index (κ3) is 3.20. The summed E-state index contributed by atoms with van der Waals surface area (Å²) in [6.07, 6.45) is 0. The molecule has 0 fully saturated rings. The molecular formula is C15H14N2O3. The number of carbonyl (C=O) groups excluding carboxylic acids is 1. The highest BCUT2D eigenvalue weighted by molar-refractivity contribution is 5.94. The van der Waals surface area contributed by atoms with E-state index in [9.17, 15) is 14.9 Å². The standard InChI is InChI=1S/C15H14N2O3/c1-11(13-8-5-9-14(10-13)17(19)20)16-15(18)12-6-3-2-4-7-12/h2-11H,1H3,(H,16,18). The minimum absolute atomic E-state index is 0.0170. The first kappa shape index (κ1) is 13.7. The van der Waals surface area contributed by atoms with Crippen molar-refractivity contribution in [3.8, 4) is 0 Å². The summed E-state index contributed by atoms with van der Waals surface area (Å²) in [5.41, 5.74) is 1.27. The molecule has 0 aliphatic heterocycles. The maximum atomic E-state index is 12.0. The second-order valence-corrected chi connectivity index (χ2v) is 4.41. The van der Waals surface area contributed by atoms with Crippen molar-refractivity contribution in [2.24, 2.45) is 0 Å². The van der Waals surface area contributed by atoms with Crippen LogP contribution < -0.4 is 5.32 Å². The van der Waals surface area contributed by atoms with E-state index in [1.165, 1.54) is 12.1 Å². The first-order chi connectivity index (χ1) is 9.58. The molecule has 0 heterocycles. The van der Waals surface area contributed by atoms with Crippen molar-refractivity contribution in [1.82, 2.24) is 5.32 Å². The molecule has 0 aliphatic carbocycles. The van der Waals surface area contributed by atoms with Crippen LogP contribution in [-0.4, -0.2) is 10.8 Å². The van der Waals surface area contributed by atoms with Gasteiger partial charge in [0.15, 0.2) is 0 Å². The Morgan fingerprint density at radius 2 is 1.85 bits per heavy atom. The lowest BCUT2D eigenvalue weighted by Gasteiger charge is -2.14. The van der Waals surface area contributed by atoms with Crippen LogP contribution in [0.15, 0.2) is 54.6 Å². The van der Waals surface area contributed by atoms with E-state index in [1.54, 1.807) is 43.3 Å². The second kappa shape index (κ2) is 5.97. The molecule has 0 saturated heterocycles. The number of benzene rings is 2. The second-order valence-electron chi connectivity index (χ2n) is 4.41. The molecule has 2 aromatic carbocycles. The van der Waals surface area contributed by atoms with Crippen molar-refractivity contribution in [1.29, 1.82) is 0 Å². The molecular weight excluding hydrogens is 256 g/mol. The molecule has 1 amide bonds. The largest absolute Gasteiger partial charge is 0.346 e. The van der Waals surface area contributed by atoms with Crippen LogP contribution in [-0.2, 0) is 0 Å². The molecule has 1 N–H and O–H groups in total. The summed E-state index contributed by atoms with van der Waals surface area (Å²) in [5.74, 6) is -0.204. The van der Waals surface area contributed by atoms with Gasteiger partial charge in [-0.15, -0.1) is 0 Å². The lowest BCUT2D eigenvalue weighted by molar-refractivity contribution is -0.384. The summed E-state index contributed by atoms with van der Waals surface area (Å²) in [4.78, 5) is 22.3. The number of hydrogen-bond acceptors (Lipinski definition) is 3. The number of rotatable bonds is 4. The van der Waals surface area contributed by atoms with Gasteiger partial charge in [0, 0.05) is 17.7 Å². The summed E-state index contributed by atoms with van der Waals surface area (Å²) in [6.45, 7) is 1.79. The first-order valence-corrected chi connectivity index (χ1v) is 6.18. The Morgan fingerprint density at radius 3 is 2.50 bits per heavy atom. The van der Waals surface area contributed by atoms with Gasteiger partial charge >= 0.3 is 0 Å². The fourth-order valence-electron chi connectivity index (χ4n) is 1.86. The summed E-state index contributed by atoms with van der Waals surface area (Å²) in [7, 11) is 0. The lowest BCUT2D eigenvalue weighted by Crippen LogP contribution is -2.26. The number of nitrogens with one attached hydrogen (secondary N) is 1. The fraction of sp³-hybridized carbons (Fsp3) is 0.133. The minimum Gasteiger partial charge on any atom is -0.346 e. The number of nitrogens with zero attached hydrogens (tertiary/aromatic N) is 1. The lowest BCUT2D eigenvalue weighted by atomic mass is 10.1. The molecule has 0 aliphatic rings. The molecule has 0 radical (unpaired) electrons. The van der Waals surface area contributed by atoms with E-state index < -0.39 is 4.92 Å². The molecule has 1 unspecified atom stereocenters. The number of nitro groups is 1. The molecule has 5 nitrogen and oxygen atoms in total. The molecule has 0 aromatic heterocycles. The Morgan fingerprint density at radius 1 is 1.15 bits per heavy atom. The first-order valence-electron chi connectivity index (χ1n) is 6.18. The van der Waals surface area contributed by atoms with Crippen molar-refractivity contribution >= 4 is 11.6 Å². The van der Waals surface area contributed by atoms with Gasteiger partial charge in [-0.2, -0.15) is 0 Å². The number of amides is 1. The van der Waals surface area contributed by atoms with Gasteiger partial charge < -0.3 is 5.32 Å². The fourth-order valence-corrected chi connectivity index (χ4v) is 1.86. The molecule has 2 rings (SSSR count). The number of hydrogen-bond donors (Lipinski definition) is 1. The third-order valence-electron chi connectivity index (χ3n) is 2.96. The van der Waals surface area contributed by atoms with E-state index in [0.717, 1.165) is 0 Å². The highest BCUT2D eigenvalue weighted by Crippen LogP contribution is 2.19. The van der Waals surface area contributed by atoms with Crippen molar-refractivity contribution in [2.75, 3.05) is 0 Å². The topological polar surface area (TPSA) is 72.2 Å². The molecule has 0 spiro atoms. The van der Waals surface area contributed by atoms with Gasteiger partial charge in [-0.1, -0.05) is 30.3 Å². The van der Waals surface area contributed by atoms with E-state index in [1.807, 2.05) is 6.07 Å². The Hall–Kier alpha value is -2.69. The average molecular weight is 270 g/mol. The van der Waals surface area contributed by atoms with E-state index in [4.69, 9.17) is 0 Å². The van der Waals surface area contributed by atoms with Crippen LogP contribution >= 0.6 is 0 Å². The Balaban J connectivity index is 2.12. The van der Waals surface area contributed by atoms with Gasteiger partial charge in [-0.3, -0.25) is 14.9 Å². The summed E-state index contributed by atoms with van der Waals surface area (Å²) in [5, 5.41) is 13.6. The molecule has 5 heteroatoms. The van der Waals surface area contributed by atoms with Crippen molar-refractivity contribution in [3.05, 3.63) is 75.8 Å². The molecule has 2 aromatic rings. The number of nitro benzene ring substituents is 1. The predicted octanol–water partition coefficient (Wildman–Crippen LogP) is 3.09. The van der Waals surface area contributed by atoms with Crippen LogP contribution in [0.2, 0.25) is 0 Å². The predicted molar refractivity (Wildman–Crippen MR) is 75.4 cm³/mol. The smallest absolute Gasteiger partial charge is 0.269 e. The Labute approximate surface area is 116 Å². The molecule has 0 saturated carbocycles. The molecule has 1 atom stereocenters. The van der Waals surface area contributed by atoms with Crippen LogP contribution in [0.3, 0.4) is 0 Å². The van der Waals surface area contributed by atoms with Crippen LogP contribution in [0, 0.1) is 10.1 Å². The highest BCUT2D eigenvalue weighted by Gasteiger charge is 2.13. The van der Waals surface area contributed by atoms with Gasteiger partial charge in [-0.25, -0.2) is 0 Å². The van der Waals surface area contributed by atoms with Gasteiger partial charge in [0.2, 0.25) is 0 Å². The third-order valence-corrected chi connectivity index (χ3v) is 2.96. The quantitative estimate of drug-likeness (QED) is 0.685. The maximum Gasteiger partial charge on any atom is 0.269 e. The Kier molecular flexibility index (Phi) is 4.10. The molecule has 0 bridgehead atoms. The van der Waals surface area contributed by atoms with E-state index in [0.29, 0.717) is 11.1 Å². The monoisotopic (exact) mass is 270 g/mol. The van der Waals surface area contributed by atoms with Crippen LogP contribution in [0.4, 0.5) is 5.69 Å². The minimum atomic E-state index is -0.449. The Bertz CT molecular complexity index is 626. The van der Waals surface area contributed by atoms with Crippen molar-refractivity contribution in [3.63, 3.8) is 0 Å². The zero-order valence-electron chi connectivity index (χ0n) is 10.9. The summed E-state index contributed by atoms with van der Waals surface area (Å²) < 4.78 is 0. The van der Waals surface area contributed by atoms with Gasteiger partial charge in [0.25, 0.3) is 11.6 Å². The zero-order chi connectivity index (χ0) is 14.5. The highest BCUT2D eigenvalue weighted by atomic mass is 16.6. The summed E-state index contributed by atoms with van der Waals surface area (Å²) in [6, 6.07) is 14.8. The van der Waals surface area contributed by atoms with Crippen molar-refractivity contribution in [2.45, 2.75) is 13.0 Å². The molecule has 20 heavy (non-hydrogen) atoms. The van der Waals surface area contributed by atoms with Gasteiger partial charge in [0.05, 0.1) is 11.0 Å². The van der Waals surface area contributed by atoms with E-state index >= 15 is 0 Å². The van der Waals surface area contributed by atoms with Crippen LogP contribution in [0.5, 0.6) is 0 Å². The van der Waals surface area contributed by atoms with Crippen LogP contribution in [0.25, 0.3) is 0 Å². The molecule has 102 valence electrons. The summed E-state index contributed by atoms with van der Waals surface area (Å²) >= 11 is 0. The van der Waals surface area contributed by atoms with E-state index in [-0.39, 0.29) is 17.6 Å². The maximum absolute atomic E-state index is 12.0. The van der Waals surface area contributed by atoms with Gasteiger partial charge in [0.1, 0.15) is 0 Å². The van der Waals surface area contributed by atoms with Crippen molar-refractivity contribution < 1.29 is 9.72 Å². The normalized spacial score (nSPS) is 11.7. The zero-order valence-corrected chi connectivity index (χ0v) is 10.9. The van der Waals surface area contributed by atoms with Gasteiger partial charge in [-0.05, 0) is 24.6 Å². The number of non-ortho nitro benzene ring substituents is 1. The van der Waals surface area contributed by atoms with E-state index in [2.05, 4.69) is 5.32 Å². The van der Waals surface area contributed by atoms with Crippen LogP contribution in [0.1, 0.15) is 28.9 Å². The SMILES string of the molecule is CC(NC(=O)c1ccccc1)c1cccc([N+](=O)[O-])c1.